The van der Waals surface area contributed by atoms with E-state index in [-0.39, 0.29) is 24.8 Å². The highest BCUT2D eigenvalue weighted by atomic mass is 16.5. The van der Waals surface area contributed by atoms with Crippen LogP contribution in [-0.2, 0) is 14.3 Å². The van der Waals surface area contributed by atoms with Gasteiger partial charge >= 0.3 is 0 Å². The first-order valence-corrected chi connectivity index (χ1v) is 7.60. The molecule has 0 unspecified atom stereocenters. The molecule has 6 heteroatoms. The monoisotopic (exact) mass is 295 g/mol. The maximum absolute atomic E-state index is 12.1. The van der Waals surface area contributed by atoms with Gasteiger partial charge in [-0.15, -0.1) is 0 Å². The zero-order valence-electron chi connectivity index (χ0n) is 12.7. The van der Waals surface area contributed by atoms with E-state index in [0.717, 1.165) is 12.8 Å². The molecule has 0 aromatic rings. The van der Waals surface area contributed by atoms with Crippen LogP contribution in [0.25, 0.3) is 0 Å². The molecule has 1 saturated carbocycles. The minimum atomic E-state index is -0.550. The molecule has 6 nitrogen and oxygen atoms in total. The second kappa shape index (κ2) is 10.2. The number of carbonyl (C=O) groups is 2. The number of rotatable bonds is 8. The SMILES string of the molecule is COCCC(=O)N[C@@H](CC1CCCCC1)C(=O)NCC#N. The lowest BCUT2D eigenvalue weighted by atomic mass is 9.84. The topological polar surface area (TPSA) is 91.2 Å². The molecule has 1 atom stereocenters. The van der Waals surface area contributed by atoms with Crippen molar-refractivity contribution in [3.8, 4) is 6.07 Å². The standard InChI is InChI=1S/C15H25N3O3/c1-21-10-7-14(19)18-13(15(20)17-9-8-16)11-12-5-3-2-4-6-12/h12-13H,2-7,9-11H2,1H3,(H,17,20)(H,18,19)/t13-/m0/s1. The second-order valence-electron chi connectivity index (χ2n) is 5.48. The first-order chi connectivity index (χ1) is 10.2. The number of hydrogen-bond acceptors (Lipinski definition) is 4. The van der Waals surface area contributed by atoms with E-state index in [2.05, 4.69) is 10.6 Å². The molecule has 0 spiro atoms. The molecule has 0 aliphatic heterocycles. The molecule has 118 valence electrons. The van der Waals surface area contributed by atoms with E-state index in [9.17, 15) is 9.59 Å². The Morgan fingerprint density at radius 1 is 1.33 bits per heavy atom. The van der Waals surface area contributed by atoms with Crippen molar-refractivity contribution < 1.29 is 14.3 Å². The first kappa shape index (κ1) is 17.4. The maximum Gasteiger partial charge on any atom is 0.243 e. The summed E-state index contributed by atoms with van der Waals surface area (Å²) in [5, 5.41) is 13.9. The van der Waals surface area contributed by atoms with Gasteiger partial charge in [0.05, 0.1) is 12.7 Å². The third kappa shape index (κ3) is 7.09. The van der Waals surface area contributed by atoms with Gasteiger partial charge in [-0.1, -0.05) is 32.1 Å². The van der Waals surface area contributed by atoms with Crippen LogP contribution in [0.1, 0.15) is 44.9 Å². The zero-order chi connectivity index (χ0) is 15.5. The lowest BCUT2D eigenvalue weighted by Gasteiger charge is -2.26. The van der Waals surface area contributed by atoms with Gasteiger partial charge in [0.2, 0.25) is 11.8 Å². The van der Waals surface area contributed by atoms with Gasteiger partial charge in [0, 0.05) is 13.5 Å². The van der Waals surface area contributed by atoms with E-state index in [4.69, 9.17) is 10.00 Å². The van der Waals surface area contributed by atoms with E-state index in [1.54, 1.807) is 0 Å². The highest BCUT2D eigenvalue weighted by molar-refractivity contribution is 5.87. The van der Waals surface area contributed by atoms with Crippen LogP contribution in [0.15, 0.2) is 0 Å². The normalized spacial score (nSPS) is 16.8. The third-order valence-electron chi connectivity index (χ3n) is 3.82. The van der Waals surface area contributed by atoms with E-state index in [1.807, 2.05) is 6.07 Å². The number of amides is 2. The predicted octanol–water partition coefficient (Wildman–Crippen LogP) is 1.12. The number of nitriles is 1. The van der Waals surface area contributed by atoms with Crippen LogP contribution >= 0.6 is 0 Å². The molecule has 0 saturated heterocycles. The van der Waals surface area contributed by atoms with Crippen molar-refractivity contribution in [1.29, 1.82) is 5.26 Å². The van der Waals surface area contributed by atoms with Gasteiger partial charge in [0.15, 0.2) is 0 Å². The number of ether oxygens (including phenoxy) is 1. The molecule has 2 N–H and O–H groups in total. The van der Waals surface area contributed by atoms with Crippen molar-refractivity contribution in [3.63, 3.8) is 0 Å². The molecule has 0 aromatic carbocycles. The predicted molar refractivity (Wildman–Crippen MR) is 78.2 cm³/mol. The van der Waals surface area contributed by atoms with E-state index < -0.39 is 6.04 Å². The minimum Gasteiger partial charge on any atom is -0.384 e. The molecule has 0 heterocycles. The molecular weight excluding hydrogens is 270 g/mol. The summed E-state index contributed by atoms with van der Waals surface area (Å²) in [6.07, 6.45) is 6.73. The summed E-state index contributed by atoms with van der Waals surface area (Å²) in [5.41, 5.74) is 0. The van der Waals surface area contributed by atoms with Crippen LogP contribution < -0.4 is 10.6 Å². The Balaban J connectivity index is 2.53. The molecular formula is C15H25N3O3. The average Bonchev–Trinajstić information content (AvgIpc) is 2.51. The number of nitrogens with zero attached hydrogens (tertiary/aromatic N) is 1. The molecule has 0 aromatic heterocycles. The largest absolute Gasteiger partial charge is 0.384 e. The van der Waals surface area contributed by atoms with Crippen molar-refractivity contribution in [2.24, 2.45) is 5.92 Å². The fraction of sp³-hybridized carbons (Fsp3) is 0.800. The summed E-state index contributed by atoms with van der Waals surface area (Å²) in [6.45, 7) is 0.301. The number of nitrogens with one attached hydrogen (secondary N) is 2. The van der Waals surface area contributed by atoms with Gasteiger partial charge in [-0.05, 0) is 12.3 Å². The van der Waals surface area contributed by atoms with Crippen LogP contribution in [0, 0.1) is 17.2 Å². The summed E-state index contributed by atoms with van der Waals surface area (Å²) in [6, 6.07) is 1.33. The molecule has 1 aliphatic carbocycles. The molecule has 1 fully saturated rings. The number of carbonyl (C=O) groups excluding carboxylic acids is 2. The van der Waals surface area contributed by atoms with Crippen molar-refractivity contribution in [1.82, 2.24) is 10.6 Å². The zero-order valence-corrected chi connectivity index (χ0v) is 12.7. The molecule has 21 heavy (non-hydrogen) atoms. The second-order valence-corrected chi connectivity index (χ2v) is 5.48. The lowest BCUT2D eigenvalue weighted by molar-refractivity contribution is -0.129. The summed E-state index contributed by atoms with van der Waals surface area (Å²) in [5.74, 6) is 0.0111. The molecule has 0 bridgehead atoms. The van der Waals surface area contributed by atoms with E-state index in [0.29, 0.717) is 18.9 Å². The molecule has 1 rings (SSSR count). The van der Waals surface area contributed by atoms with Crippen molar-refractivity contribution in [2.75, 3.05) is 20.3 Å². The fourth-order valence-electron chi connectivity index (χ4n) is 2.70. The van der Waals surface area contributed by atoms with E-state index in [1.165, 1.54) is 26.4 Å². The van der Waals surface area contributed by atoms with Gasteiger partial charge in [-0.2, -0.15) is 5.26 Å². The van der Waals surface area contributed by atoms with Crippen LogP contribution in [0.3, 0.4) is 0 Å². The fourth-order valence-corrected chi connectivity index (χ4v) is 2.70. The van der Waals surface area contributed by atoms with Crippen molar-refractivity contribution in [2.45, 2.75) is 51.0 Å². The Morgan fingerprint density at radius 2 is 2.05 bits per heavy atom. The molecule has 2 amide bonds. The van der Waals surface area contributed by atoms with Crippen LogP contribution in [0.5, 0.6) is 0 Å². The first-order valence-electron chi connectivity index (χ1n) is 7.60. The third-order valence-corrected chi connectivity index (χ3v) is 3.82. The van der Waals surface area contributed by atoms with Crippen LogP contribution in [0.4, 0.5) is 0 Å². The quantitative estimate of drug-likeness (QED) is 0.656. The average molecular weight is 295 g/mol. The number of methoxy groups -OCH3 is 1. The Bertz CT molecular complexity index is 373. The lowest BCUT2D eigenvalue weighted by Crippen LogP contribution is -2.48. The minimum absolute atomic E-state index is 0.0338. The Hall–Kier alpha value is -1.61. The molecule has 0 radical (unpaired) electrons. The van der Waals surface area contributed by atoms with Gasteiger partial charge in [-0.25, -0.2) is 0 Å². The Labute approximate surface area is 126 Å². The van der Waals surface area contributed by atoms with Gasteiger partial charge < -0.3 is 15.4 Å². The van der Waals surface area contributed by atoms with Crippen molar-refractivity contribution in [3.05, 3.63) is 0 Å². The van der Waals surface area contributed by atoms with Gasteiger partial charge in [0.25, 0.3) is 0 Å². The van der Waals surface area contributed by atoms with E-state index >= 15 is 0 Å². The summed E-state index contributed by atoms with van der Waals surface area (Å²) in [7, 11) is 1.53. The highest BCUT2D eigenvalue weighted by Crippen LogP contribution is 2.27. The summed E-state index contributed by atoms with van der Waals surface area (Å²) < 4.78 is 4.86. The highest BCUT2D eigenvalue weighted by Gasteiger charge is 2.25. The maximum atomic E-state index is 12.1. The van der Waals surface area contributed by atoms with Crippen LogP contribution in [0.2, 0.25) is 0 Å². The van der Waals surface area contributed by atoms with Crippen molar-refractivity contribution >= 4 is 11.8 Å². The Kier molecular flexibility index (Phi) is 8.44. The van der Waals surface area contributed by atoms with Crippen LogP contribution in [-0.4, -0.2) is 38.1 Å². The van der Waals surface area contributed by atoms with Gasteiger partial charge in [0.1, 0.15) is 12.6 Å². The summed E-state index contributed by atoms with van der Waals surface area (Å²) in [4.78, 5) is 23.9. The Morgan fingerprint density at radius 3 is 2.67 bits per heavy atom. The summed E-state index contributed by atoms with van der Waals surface area (Å²) >= 11 is 0. The van der Waals surface area contributed by atoms with Gasteiger partial charge in [-0.3, -0.25) is 9.59 Å². The number of hydrogen-bond donors (Lipinski definition) is 2. The molecule has 1 aliphatic rings. The smallest absolute Gasteiger partial charge is 0.243 e.